The number of amides is 1. The predicted molar refractivity (Wildman–Crippen MR) is 105 cm³/mol. The van der Waals surface area contributed by atoms with Gasteiger partial charge < -0.3 is 15.0 Å². The second-order valence-corrected chi connectivity index (χ2v) is 6.38. The topological polar surface area (TPSA) is 71.5 Å². The summed E-state index contributed by atoms with van der Waals surface area (Å²) in [5, 5.41) is 2.87. The van der Waals surface area contributed by atoms with Gasteiger partial charge in [0, 0.05) is 13.1 Å². The van der Waals surface area contributed by atoms with Crippen LogP contribution in [0, 0.1) is 6.92 Å². The fraction of sp³-hybridized carbons (Fsp3) is 0.381. The van der Waals surface area contributed by atoms with Crippen LogP contribution in [0.4, 0.5) is 0 Å². The molecule has 0 fully saturated rings. The monoisotopic (exact) mass is 369 g/mol. The highest BCUT2D eigenvalue weighted by molar-refractivity contribution is 5.94. The smallest absolute Gasteiger partial charge is 0.339 e. The number of carbonyl (C=O) groups excluding carboxylic acids is 2. The Labute approximate surface area is 160 Å². The Hall–Kier alpha value is -2.73. The van der Waals surface area contributed by atoms with E-state index >= 15 is 0 Å². The quantitative estimate of drug-likeness (QED) is 0.544. The molecular weight excluding hydrogens is 342 g/mol. The van der Waals surface area contributed by atoms with Crippen molar-refractivity contribution in [3.05, 3.63) is 65.0 Å². The van der Waals surface area contributed by atoms with E-state index in [2.05, 4.69) is 34.4 Å². The van der Waals surface area contributed by atoms with Crippen LogP contribution in [0.2, 0.25) is 0 Å². The van der Waals surface area contributed by atoms with E-state index < -0.39 is 5.97 Å². The molecule has 0 bridgehead atoms. The number of hydrogen-bond donors (Lipinski definition) is 1. The van der Waals surface area contributed by atoms with Crippen molar-refractivity contribution < 1.29 is 14.3 Å². The number of ether oxygens (including phenoxy) is 1. The minimum Gasteiger partial charge on any atom is -0.462 e. The van der Waals surface area contributed by atoms with Crippen molar-refractivity contribution in [3.63, 3.8) is 0 Å². The number of pyridine rings is 1. The molecule has 0 atom stereocenters. The SMILES string of the molecule is CCOC(=O)c1ccc(C(=O)NCCCN(C)Cc2ccccc2)nc1C. The van der Waals surface area contributed by atoms with Crippen LogP contribution in [0.15, 0.2) is 42.5 Å². The molecule has 27 heavy (non-hydrogen) atoms. The van der Waals surface area contributed by atoms with E-state index in [9.17, 15) is 9.59 Å². The highest BCUT2D eigenvalue weighted by atomic mass is 16.5. The zero-order valence-electron chi connectivity index (χ0n) is 16.2. The van der Waals surface area contributed by atoms with Gasteiger partial charge in [0.1, 0.15) is 5.69 Å². The molecule has 1 N–H and O–H groups in total. The van der Waals surface area contributed by atoms with E-state index in [1.807, 2.05) is 18.2 Å². The lowest BCUT2D eigenvalue weighted by Crippen LogP contribution is -2.29. The van der Waals surface area contributed by atoms with E-state index in [0.717, 1.165) is 19.5 Å². The Kier molecular flexibility index (Phi) is 7.95. The summed E-state index contributed by atoms with van der Waals surface area (Å²) in [6, 6.07) is 13.4. The average Bonchev–Trinajstić information content (AvgIpc) is 2.66. The van der Waals surface area contributed by atoms with Crippen LogP contribution >= 0.6 is 0 Å². The highest BCUT2D eigenvalue weighted by Crippen LogP contribution is 2.09. The lowest BCUT2D eigenvalue weighted by Gasteiger charge is -2.16. The van der Waals surface area contributed by atoms with Gasteiger partial charge in [0.25, 0.3) is 5.91 Å². The molecule has 0 radical (unpaired) electrons. The Morgan fingerprint density at radius 3 is 2.56 bits per heavy atom. The Morgan fingerprint density at radius 2 is 1.89 bits per heavy atom. The molecule has 6 heteroatoms. The van der Waals surface area contributed by atoms with Crippen molar-refractivity contribution in [2.24, 2.45) is 0 Å². The number of carbonyl (C=O) groups is 2. The van der Waals surface area contributed by atoms with E-state index in [4.69, 9.17) is 4.74 Å². The molecule has 0 aliphatic heterocycles. The van der Waals surface area contributed by atoms with Crippen molar-refractivity contribution in [2.75, 3.05) is 26.7 Å². The number of hydrogen-bond acceptors (Lipinski definition) is 5. The van der Waals surface area contributed by atoms with E-state index in [1.165, 1.54) is 5.56 Å². The molecule has 0 saturated carbocycles. The maximum Gasteiger partial charge on any atom is 0.339 e. The average molecular weight is 369 g/mol. The number of rotatable bonds is 9. The number of aryl methyl sites for hydroxylation is 1. The lowest BCUT2D eigenvalue weighted by atomic mass is 10.2. The minimum absolute atomic E-state index is 0.237. The summed E-state index contributed by atoms with van der Waals surface area (Å²) < 4.78 is 4.97. The number of nitrogens with zero attached hydrogens (tertiary/aromatic N) is 2. The molecule has 144 valence electrons. The van der Waals surface area contributed by atoms with Crippen molar-refractivity contribution in [1.29, 1.82) is 0 Å². The molecule has 2 aromatic rings. The molecule has 6 nitrogen and oxygen atoms in total. The molecule has 0 aliphatic carbocycles. The van der Waals surface area contributed by atoms with Crippen LogP contribution in [-0.2, 0) is 11.3 Å². The second kappa shape index (κ2) is 10.4. The van der Waals surface area contributed by atoms with Gasteiger partial charge in [0.05, 0.1) is 17.9 Å². The molecule has 0 saturated heterocycles. The molecule has 1 heterocycles. The van der Waals surface area contributed by atoms with Crippen LogP contribution in [0.3, 0.4) is 0 Å². The summed E-state index contributed by atoms with van der Waals surface area (Å²) in [5.41, 5.74) is 2.45. The van der Waals surface area contributed by atoms with E-state index in [0.29, 0.717) is 30.1 Å². The summed E-state index contributed by atoms with van der Waals surface area (Å²) in [7, 11) is 2.06. The van der Waals surface area contributed by atoms with Crippen LogP contribution in [0.25, 0.3) is 0 Å². The summed E-state index contributed by atoms with van der Waals surface area (Å²) >= 11 is 0. The number of nitrogens with one attached hydrogen (secondary N) is 1. The summed E-state index contributed by atoms with van der Waals surface area (Å²) in [6.07, 6.45) is 0.842. The molecule has 0 unspecified atom stereocenters. The maximum atomic E-state index is 12.2. The first-order chi connectivity index (χ1) is 13.0. The van der Waals surface area contributed by atoms with E-state index in [1.54, 1.807) is 26.0 Å². The Balaban J connectivity index is 1.77. The van der Waals surface area contributed by atoms with Crippen LogP contribution < -0.4 is 5.32 Å². The van der Waals surface area contributed by atoms with Crippen LogP contribution in [0.1, 0.15) is 45.4 Å². The molecule has 2 rings (SSSR count). The first-order valence-corrected chi connectivity index (χ1v) is 9.16. The summed E-state index contributed by atoms with van der Waals surface area (Å²) in [6.45, 7) is 6.08. The third kappa shape index (κ3) is 6.49. The fourth-order valence-electron chi connectivity index (χ4n) is 2.73. The van der Waals surface area contributed by atoms with Crippen molar-refractivity contribution in [2.45, 2.75) is 26.8 Å². The largest absolute Gasteiger partial charge is 0.462 e. The standard InChI is InChI=1S/C21H27N3O3/c1-4-27-21(26)18-11-12-19(23-16(18)2)20(25)22-13-8-14-24(3)15-17-9-6-5-7-10-17/h5-7,9-12H,4,8,13-15H2,1-3H3,(H,22,25). The van der Waals surface area contributed by atoms with Crippen LogP contribution in [-0.4, -0.2) is 48.5 Å². The Bertz CT molecular complexity index is 763. The van der Waals surface area contributed by atoms with Gasteiger partial charge in [0.15, 0.2) is 0 Å². The maximum absolute atomic E-state index is 12.2. The molecule has 0 spiro atoms. The summed E-state index contributed by atoms with van der Waals surface area (Å²) in [5.74, 6) is -0.657. The molecular formula is C21H27N3O3. The van der Waals surface area contributed by atoms with Crippen molar-refractivity contribution in [3.8, 4) is 0 Å². The third-order valence-corrected chi connectivity index (χ3v) is 4.11. The van der Waals surface area contributed by atoms with Crippen molar-refractivity contribution >= 4 is 11.9 Å². The number of benzene rings is 1. The molecule has 1 aromatic carbocycles. The van der Waals surface area contributed by atoms with Gasteiger partial charge in [-0.05, 0) is 51.6 Å². The number of aromatic nitrogens is 1. The lowest BCUT2D eigenvalue weighted by molar-refractivity contribution is 0.0524. The first-order valence-electron chi connectivity index (χ1n) is 9.16. The molecule has 1 amide bonds. The van der Waals surface area contributed by atoms with Gasteiger partial charge in [-0.2, -0.15) is 0 Å². The Morgan fingerprint density at radius 1 is 1.15 bits per heavy atom. The zero-order chi connectivity index (χ0) is 19.6. The van der Waals surface area contributed by atoms with Crippen LogP contribution in [0.5, 0.6) is 0 Å². The van der Waals surface area contributed by atoms with Gasteiger partial charge in [-0.1, -0.05) is 30.3 Å². The van der Waals surface area contributed by atoms with E-state index in [-0.39, 0.29) is 5.91 Å². The van der Waals surface area contributed by atoms with Gasteiger partial charge in [-0.25, -0.2) is 9.78 Å². The molecule has 0 aliphatic rings. The number of esters is 1. The minimum atomic E-state index is -0.420. The first kappa shape index (κ1) is 20.6. The van der Waals surface area contributed by atoms with Gasteiger partial charge >= 0.3 is 5.97 Å². The van der Waals surface area contributed by atoms with Gasteiger partial charge in [-0.3, -0.25) is 4.79 Å². The van der Waals surface area contributed by atoms with Gasteiger partial charge in [0.2, 0.25) is 0 Å². The highest BCUT2D eigenvalue weighted by Gasteiger charge is 2.14. The predicted octanol–water partition coefficient (Wildman–Crippen LogP) is 2.82. The summed E-state index contributed by atoms with van der Waals surface area (Å²) in [4.78, 5) is 30.5. The molecule has 1 aromatic heterocycles. The fourth-order valence-corrected chi connectivity index (χ4v) is 2.73. The zero-order valence-corrected chi connectivity index (χ0v) is 16.2. The normalized spacial score (nSPS) is 10.7. The third-order valence-electron chi connectivity index (χ3n) is 4.11. The van der Waals surface area contributed by atoms with Gasteiger partial charge in [-0.15, -0.1) is 0 Å². The van der Waals surface area contributed by atoms with Crippen molar-refractivity contribution in [1.82, 2.24) is 15.2 Å². The second-order valence-electron chi connectivity index (χ2n) is 6.38.